The standard InChI is InChI=1S/C21H28N8O2/c22-8-12-30-14-15-31-13-11-24-19-27-20(25-16-17-6-9-23-10-7-17)29-21(28-19)26-18-4-2-1-3-5-18/h1-7,9-10H,8,11-16,22H2,(H3,24,25,26,27,28,29). The Bertz CT molecular complexity index is 883. The minimum atomic E-state index is 0.442. The van der Waals surface area contributed by atoms with E-state index >= 15 is 0 Å². The average molecular weight is 425 g/mol. The van der Waals surface area contributed by atoms with Gasteiger partial charge >= 0.3 is 0 Å². The smallest absolute Gasteiger partial charge is 0.233 e. The molecule has 1 aromatic carbocycles. The minimum absolute atomic E-state index is 0.442. The molecule has 0 fully saturated rings. The third-order valence-corrected chi connectivity index (χ3v) is 4.03. The van der Waals surface area contributed by atoms with Crippen LogP contribution < -0.4 is 21.7 Å². The van der Waals surface area contributed by atoms with Gasteiger partial charge in [0.25, 0.3) is 0 Å². The van der Waals surface area contributed by atoms with E-state index in [4.69, 9.17) is 15.2 Å². The van der Waals surface area contributed by atoms with Gasteiger partial charge in [0.05, 0.1) is 26.4 Å². The zero-order valence-corrected chi connectivity index (χ0v) is 17.3. The van der Waals surface area contributed by atoms with Gasteiger partial charge < -0.3 is 31.2 Å². The lowest BCUT2D eigenvalue weighted by atomic mass is 10.3. The van der Waals surface area contributed by atoms with E-state index in [0.717, 1.165) is 11.3 Å². The van der Waals surface area contributed by atoms with Crippen molar-refractivity contribution in [1.29, 1.82) is 0 Å². The molecule has 5 N–H and O–H groups in total. The third kappa shape index (κ3) is 8.51. The highest BCUT2D eigenvalue weighted by Gasteiger charge is 2.07. The number of nitrogens with one attached hydrogen (secondary N) is 3. The maximum Gasteiger partial charge on any atom is 0.233 e. The summed E-state index contributed by atoms with van der Waals surface area (Å²) in [5.41, 5.74) is 7.34. The number of nitrogens with zero attached hydrogens (tertiary/aromatic N) is 4. The van der Waals surface area contributed by atoms with Gasteiger partial charge in [-0.2, -0.15) is 15.0 Å². The molecule has 0 saturated heterocycles. The fourth-order valence-corrected chi connectivity index (χ4v) is 2.56. The van der Waals surface area contributed by atoms with Crippen LogP contribution in [0.5, 0.6) is 0 Å². The molecule has 0 aliphatic heterocycles. The van der Waals surface area contributed by atoms with E-state index in [2.05, 4.69) is 35.9 Å². The van der Waals surface area contributed by atoms with Gasteiger partial charge in [-0.05, 0) is 29.8 Å². The Morgan fingerprint density at radius 3 is 2.16 bits per heavy atom. The molecule has 0 spiro atoms. The lowest BCUT2D eigenvalue weighted by Crippen LogP contribution is -2.17. The number of hydrogen-bond acceptors (Lipinski definition) is 10. The molecule has 0 atom stereocenters. The van der Waals surface area contributed by atoms with E-state index in [-0.39, 0.29) is 0 Å². The van der Waals surface area contributed by atoms with E-state index in [9.17, 15) is 0 Å². The lowest BCUT2D eigenvalue weighted by molar-refractivity contribution is 0.0547. The number of para-hydroxylation sites is 1. The Morgan fingerprint density at radius 2 is 1.42 bits per heavy atom. The van der Waals surface area contributed by atoms with Crippen LogP contribution >= 0.6 is 0 Å². The van der Waals surface area contributed by atoms with Gasteiger partial charge in [-0.3, -0.25) is 4.98 Å². The number of anilines is 4. The zero-order chi connectivity index (χ0) is 21.6. The van der Waals surface area contributed by atoms with Crippen molar-refractivity contribution in [1.82, 2.24) is 19.9 Å². The Kier molecular flexibility index (Phi) is 9.42. The van der Waals surface area contributed by atoms with Crippen molar-refractivity contribution in [2.45, 2.75) is 6.54 Å². The van der Waals surface area contributed by atoms with E-state index < -0.39 is 0 Å². The molecule has 3 aromatic rings. The van der Waals surface area contributed by atoms with Gasteiger partial charge in [0.15, 0.2) is 0 Å². The number of benzene rings is 1. The normalized spacial score (nSPS) is 10.6. The summed E-state index contributed by atoms with van der Waals surface area (Å²) >= 11 is 0. The van der Waals surface area contributed by atoms with Crippen LogP contribution in [-0.4, -0.2) is 59.5 Å². The van der Waals surface area contributed by atoms with Crippen molar-refractivity contribution >= 4 is 23.5 Å². The fourth-order valence-electron chi connectivity index (χ4n) is 2.56. The molecule has 10 nitrogen and oxygen atoms in total. The van der Waals surface area contributed by atoms with E-state index in [1.54, 1.807) is 12.4 Å². The molecular formula is C21H28N8O2. The van der Waals surface area contributed by atoms with Crippen LogP contribution in [0.15, 0.2) is 54.9 Å². The number of rotatable bonds is 14. The maximum atomic E-state index is 5.53. The molecule has 0 bridgehead atoms. The second-order valence-corrected chi connectivity index (χ2v) is 6.45. The molecule has 31 heavy (non-hydrogen) atoms. The molecule has 2 heterocycles. The molecule has 0 aliphatic rings. The van der Waals surface area contributed by atoms with Crippen LogP contribution in [-0.2, 0) is 16.0 Å². The summed E-state index contributed by atoms with van der Waals surface area (Å²) in [5.74, 6) is 1.36. The number of aromatic nitrogens is 4. The van der Waals surface area contributed by atoms with Gasteiger partial charge in [0, 0.05) is 37.7 Å². The average Bonchev–Trinajstić information content (AvgIpc) is 2.81. The Labute approximate surface area is 181 Å². The van der Waals surface area contributed by atoms with Crippen molar-refractivity contribution in [3.8, 4) is 0 Å². The van der Waals surface area contributed by atoms with E-state index in [1.165, 1.54) is 0 Å². The Hall–Kier alpha value is -3.34. The number of pyridine rings is 1. The Balaban J connectivity index is 1.57. The van der Waals surface area contributed by atoms with Gasteiger partial charge in [0.2, 0.25) is 17.8 Å². The van der Waals surface area contributed by atoms with Crippen LogP contribution in [0, 0.1) is 0 Å². The molecule has 0 saturated carbocycles. The number of ether oxygens (including phenoxy) is 2. The van der Waals surface area contributed by atoms with Gasteiger partial charge in [-0.15, -0.1) is 0 Å². The second kappa shape index (κ2) is 13.1. The predicted octanol–water partition coefficient (Wildman–Crippen LogP) is 2.03. The fraction of sp³-hybridized carbons (Fsp3) is 0.333. The molecule has 0 amide bonds. The van der Waals surface area contributed by atoms with E-state index in [0.29, 0.717) is 63.9 Å². The number of hydrogen-bond donors (Lipinski definition) is 4. The van der Waals surface area contributed by atoms with Crippen molar-refractivity contribution in [2.24, 2.45) is 5.73 Å². The van der Waals surface area contributed by atoms with Crippen LogP contribution in [0.3, 0.4) is 0 Å². The minimum Gasteiger partial charge on any atom is -0.378 e. The second-order valence-electron chi connectivity index (χ2n) is 6.45. The molecule has 3 rings (SSSR count). The first-order valence-electron chi connectivity index (χ1n) is 10.1. The monoisotopic (exact) mass is 424 g/mol. The molecule has 10 heteroatoms. The van der Waals surface area contributed by atoms with Gasteiger partial charge in [-0.1, -0.05) is 18.2 Å². The van der Waals surface area contributed by atoms with Crippen molar-refractivity contribution in [3.63, 3.8) is 0 Å². The first-order valence-corrected chi connectivity index (χ1v) is 10.1. The highest BCUT2D eigenvalue weighted by Crippen LogP contribution is 2.15. The van der Waals surface area contributed by atoms with Crippen molar-refractivity contribution < 1.29 is 9.47 Å². The first-order chi connectivity index (χ1) is 15.3. The summed E-state index contributed by atoms with van der Waals surface area (Å²) in [6.07, 6.45) is 3.50. The molecule has 0 aliphatic carbocycles. The van der Waals surface area contributed by atoms with Crippen molar-refractivity contribution in [2.75, 3.05) is 55.5 Å². The highest BCUT2D eigenvalue weighted by atomic mass is 16.5. The first kappa shape index (κ1) is 22.3. The quantitative estimate of drug-likeness (QED) is 0.285. The summed E-state index contributed by atoms with van der Waals surface area (Å²) in [6.45, 7) is 3.71. The van der Waals surface area contributed by atoms with Crippen LogP contribution in [0.4, 0.5) is 23.5 Å². The Morgan fingerprint density at radius 1 is 0.742 bits per heavy atom. The summed E-state index contributed by atoms with van der Waals surface area (Å²) in [5, 5.41) is 9.61. The maximum absolute atomic E-state index is 5.53. The number of nitrogens with two attached hydrogens (primary N) is 1. The third-order valence-electron chi connectivity index (χ3n) is 4.03. The molecule has 164 valence electrons. The van der Waals surface area contributed by atoms with Crippen LogP contribution in [0.2, 0.25) is 0 Å². The molecule has 0 radical (unpaired) electrons. The zero-order valence-electron chi connectivity index (χ0n) is 17.3. The largest absolute Gasteiger partial charge is 0.378 e. The SMILES string of the molecule is NCCOCCOCCNc1nc(NCc2ccncc2)nc(Nc2ccccc2)n1. The topological polar surface area (TPSA) is 132 Å². The van der Waals surface area contributed by atoms with Gasteiger partial charge in [-0.25, -0.2) is 0 Å². The summed E-state index contributed by atoms with van der Waals surface area (Å²) in [6, 6.07) is 13.6. The summed E-state index contributed by atoms with van der Waals surface area (Å²) in [4.78, 5) is 17.4. The molecular weight excluding hydrogens is 396 g/mol. The predicted molar refractivity (Wildman–Crippen MR) is 120 cm³/mol. The van der Waals surface area contributed by atoms with Crippen molar-refractivity contribution in [3.05, 3.63) is 60.4 Å². The lowest BCUT2D eigenvalue weighted by Gasteiger charge is -2.12. The van der Waals surface area contributed by atoms with Gasteiger partial charge in [0.1, 0.15) is 0 Å². The molecule has 0 unspecified atom stereocenters. The van der Waals surface area contributed by atoms with E-state index in [1.807, 2.05) is 42.5 Å². The molecule has 2 aromatic heterocycles. The highest BCUT2D eigenvalue weighted by molar-refractivity contribution is 5.55. The summed E-state index contributed by atoms with van der Waals surface area (Å²) < 4.78 is 10.8. The van der Waals surface area contributed by atoms with Crippen LogP contribution in [0.25, 0.3) is 0 Å². The summed E-state index contributed by atoms with van der Waals surface area (Å²) in [7, 11) is 0. The van der Waals surface area contributed by atoms with Crippen LogP contribution in [0.1, 0.15) is 5.56 Å².